The number of ether oxygens (including phenoxy) is 1. The first-order valence-electron chi connectivity index (χ1n) is 11.5. The van der Waals surface area contributed by atoms with Gasteiger partial charge < -0.3 is 19.6 Å². The fourth-order valence-electron chi connectivity index (χ4n) is 3.44. The van der Waals surface area contributed by atoms with Gasteiger partial charge in [0, 0.05) is 44.7 Å². The molecule has 172 valence electrons. The Hall–Kier alpha value is -1.59. The minimum atomic E-state index is -0.436. The predicted molar refractivity (Wildman–Crippen MR) is 125 cm³/mol. The first-order valence-corrected chi connectivity index (χ1v) is 11.5. The van der Waals surface area contributed by atoms with Crippen LogP contribution in [-0.4, -0.2) is 66.3 Å². The number of likely N-dealkylation sites (N-methyl/N-ethyl adjacent to an activating group) is 1. The van der Waals surface area contributed by atoms with Crippen molar-refractivity contribution in [3.8, 4) is 0 Å². The average molecular weight is 421 g/mol. The zero-order chi connectivity index (χ0) is 22.5. The lowest BCUT2D eigenvalue weighted by Gasteiger charge is -2.34. The van der Waals surface area contributed by atoms with Crippen molar-refractivity contribution in [1.29, 1.82) is 0 Å². The van der Waals surface area contributed by atoms with Gasteiger partial charge in [0.05, 0.1) is 6.10 Å². The molecule has 0 aromatic carbocycles. The molecular formula is C25H44N2O3. The number of carbonyl (C=O) groups is 1. The van der Waals surface area contributed by atoms with Gasteiger partial charge in [-0.25, -0.2) is 0 Å². The Morgan fingerprint density at radius 2 is 1.77 bits per heavy atom. The zero-order valence-corrected chi connectivity index (χ0v) is 20.0. The highest BCUT2D eigenvalue weighted by Gasteiger charge is 2.18. The second-order valence-corrected chi connectivity index (χ2v) is 8.76. The summed E-state index contributed by atoms with van der Waals surface area (Å²) in [7, 11) is 2.18. The maximum absolute atomic E-state index is 11.5. The monoisotopic (exact) mass is 420 g/mol. The van der Waals surface area contributed by atoms with Crippen LogP contribution in [0.1, 0.15) is 60.3 Å². The first kappa shape index (κ1) is 26.4. The summed E-state index contributed by atoms with van der Waals surface area (Å²) in [6.45, 7) is 15.2. The van der Waals surface area contributed by atoms with Crippen LogP contribution >= 0.6 is 0 Å². The highest BCUT2D eigenvalue weighted by atomic mass is 16.5. The van der Waals surface area contributed by atoms with E-state index in [4.69, 9.17) is 4.74 Å². The average Bonchev–Trinajstić information content (AvgIpc) is 2.72. The molecule has 1 saturated heterocycles. The molecule has 4 unspecified atom stereocenters. The number of carbonyl (C=O) groups excluding carboxylic acids is 1. The molecule has 0 spiro atoms. The van der Waals surface area contributed by atoms with Crippen LogP contribution < -0.4 is 0 Å². The summed E-state index contributed by atoms with van der Waals surface area (Å²) in [4.78, 5) is 16.3. The summed E-state index contributed by atoms with van der Waals surface area (Å²) in [5, 5.41) is 10.1. The van der Waals surface area contributed by atoms with Crippen LogP contribution in [0.5, 0.6) is 0 Å². The highest BCUT2D eigenvalue weighted by Crippen LogP contribution is 2.21. The quantitative estimate of drug-likeness (QED) is 0.503. The molecule has 1 fully saturated rings. The molecule has 4 atom stereocenters. The molecule has 0 amide bonds. The summed E-state index contributed by atoms with van der Waals surface area (Å²) in [6, 6.07) is 0. The molecule has 2 aliphatic rings. The van der Waals surface area contributed by atoms with E-state index in [0.29, 0.717) is 18.8 Å². The van der Waals surface area contributed by atoms with Gasteiger partial charge in [-0.3, -0.25) is 4.79 Å². The van der Waals surface area contributed by atoms with Crippen molar-refractivity contribution in [3.63, 3.8) is 0 Å². The Labute approximate surface area is 184 Å². The van der Waals surface area contributed by atoms with Gasteiger partial charge in [-0.15, -0.1) is 0 Å². The molecule has 0 aliphatic carbocycles. The van der Waals surface area contributed by atoms with E-state index in [0.717, 1.165) is 12.8 Å². The number of rotatable bonds is 1. The fourth-order valence-corrected chi connectivity index (χ4v) is 3.44. The van der Waals surface area contributed by atoms with Gasteiger partial charge in [-0.1, -0.05) is 44.2 Å². The van der Waals surface area contributed by atoms with E-state index in [2.05, 4.69) is 56.7 Å². The lowest BCUT2D eigenvalue weighted by Crippen LogP contribution is -2.43. The van der Waals surface area contributed by atoms with Crippen LogP contribution in [0.4, 0.5) is 0 Å². The largest absolute Gasteiger partial charge is 0.462 e. The normalized spacial score (nSPS) is 32.3. The molecule has 30 heavy (non-hydrogen) atoms. The zero-order valence-electron chi connectivity index (χ0n) is 20.0. The maximum Gasteiger partial charge on any atom is 0.306 e. The van der Waals surface area contributed by atoms with E-state index in [1.165, 1.54) is 31.9 Å². The van der Waals surface area contributed by atoms with Crippen LogP contribution in [0.2, 0.25) is 0 Å². The first-order chi connectivity index (χ1) is 14.2. The minimum absolute atomic E-state index is 0.129. The fraction of sp³-hybridized carbons (Fsp3) is 0.720. The van der Waals surface area contributed by atoms with Crippen molar-refractivity contribution in [2.75, 3.05) is 33.2 Å². The second-order valence-electron chi connectivity index (χ2n) is 8.76. The Kier molecular flexibility index (Phi) is 12.7. The van der Waals surface area contributed by atoms with Crippen molar-refractivity contribution in [3.05, 3.63) is 36.1 Å². The van der Waals surface area contributed by atoms with Gasteiger partial charge in [0.2, 0.25) is 0 Å². The molecule has 0 aromatic heterocycles. The molecular weight excluding hydrogens is 376 g/mol. The second kappa shape index (κ2) is 14.4. The van der Waals surface area contributed by atoms with Crippen molar-refractivity contribution >= 4 is 5.97 Å². The van der Waals surface area contributed by atoms with Crippen LogP contribution in [-0.2, 0) is 9.53 Å². The molecule has 0 radical (unpaired) electrons. The molecule has 2 aliphatic heterocycles. The topological polar surface area (TPSA) is 53.0 Å². The van der Waals surface area contributed by atoms with Crippen molar-refractivity contribution in [1.82, 2.24) is 9.80 Å². The summed E-state index contributed by atoms with van der Waals surface area (Å²) in [6.07, 6.45) is 12.2. The van der Waals surface area contributed by atoms with Crippen molar-refractivity contribution in [2.45, 2.75) is 72.5 Å². The Bertz CT molecular complexity index is 577. The van der Waals surface area contributed by atoms with Gasteiger partial charge in [0.25, 0.3) is 0 Å². The molecule has 2 rings (SSSR count). The van der Waals surface area contributed by atoms with Crippen LogP contribution in [0.25, 0.3) is 0 Å². The van der Waals surface area contributed by atoms with Crippen molar-refractivity contribution in [2.24, 2.45) is 11.8 Å². The summed E-state index contributed by atoms with van der Waals surface area (Å²) < 4.78 is 5.27. The smallest absolute Gasteiger partial charge is 0.306 e. The van der Waals surface area contributed by atoms with E-state index < -0.39 is 6.10 Å². The Morgan fingerprint density at radius 3 is 2.40 bits per heavy atom. The van der Waals surface area contributed by atoms with E-state index in [-0.39, 0.29) is 18.0 Å². The van der Waals surface area contributed by atoms with E-state index in [1.807, 2.05) is 25.2 Å². The lowest BCUT2D eigenvalue weighted by molar-refractivity contribution is -0.147. The summed E-state index contributed by atoms with van der Waals surface area (Å²) in [5.74, 6) is 0.495. The van der Waals surface area contributed by atoms with Gasteiger partial charge in [-0.05, 0) is 52.5 Å². The lowest BCUT2D eigenvalue weighted by atomic mass is 9.87. The molecule has 2 heterocycles. The third-order valence-electron chi connectivity index (χ3n) is 6.18. The standard InChI is InChI=1S/C16H26O3.C9H18N2/c1-12-8-5-4-6-11-16(18)19-13(2)9-7-10-15(17)14(12)3;1-4-9(2)11-7-5-10(3)6-8-11/h4-5,7,10,12-15,17H,6,8-9,11H2,1-3H3;4H,5-8H2,1-3H3/b5-4+,10-7-;9-4+. The van der Waals surface area contributed by atoms with Gasteiger partial charge in [0.1, 0.15) is 6.10 Å². The van der Waals surface area contributed by atoms with E-state index >= 15 is 0 Å². The minimum Gasteiger partial charge on any atom is -0.462 e. The Balaban J connectivity index is 0.000000346. The molecule has 5 nitrogen and oxygen atoms in total. The molecule has 0 aromatic rings. The van der Waals surface area contributed by atoms with Crippen molar-refractivity contribution < 1.29 is 14.6 Å². The number of allylic oxidation sites excluding steroid dienone is 4. The molecule has 0 saturated carbocycles. The van der Waals surface area contributed by atoms with E-state index in [1.54, 1.807) is 0 Å². The number of esters is 1. The predicted octanol–water partition coefficient (Wildman–Crippen LogP) is 4.40. The van der Waals surface area contributed by atoms with Gasteiger partial charge in [-0.2, -0.15) is 0 Å². The molecule has 1 N–H and O–H groups in total. The highest BCUT2D eigenvalue weighted by molar-refractivity contribution is 5.69. The SMILES string of the molecule is C/C=C(\C)N1CCN(C)CC1.CC1C/C=C\C(O)C(C)C(C)C/C=C/CCC(=O)O1. The maximum atomic E-state index is 11.5. The van der Waals surface area contributed by atoms with Gasteiger partial charge >= 0.3 is 5.97 Å². The number of aliphatic hydroxyl groups excluding tert-OH is 1. The number of piperazine rings is 1. The number of cyclic esters (lactones) is 1. The number of hydrogen-bond acceptors (Lipinski definition) is 5. The summed E-state index contributed by atoms with van der Waals surface area (Å²) in [5.41, 5.74) is 1.41. The number of aliphatic hydroxyl groups is 1. The van der Waals surface area contributed by atoms with Gasteiger partial charge in [0.15, 0.2) is 0 Å². The number of nitrogens with zero attached hydrogens (tertiary/aromatic N) is 2. The van der Waals surface area contributed by atoms with Crippen LogP contribution in [0.3, 0.4) is 0 Å². The third kappa shape index (κ3) is 10.4. The van der Waals surface area contributed by atoms with Crippen LogP contribution in [0, 0.1) is 11.8 Å². The van der Waals surface area contributed by atoms with Crippen LogP contribution in [0.15, 0.2) is 36.1 Å². The van der Waals surface area contributed by atoms with E-state index in [9.17, 15) is 9.90 Å². The number of hydrogen-bond donors (Lipinski definition) is 1. The Morgan fingerprint density at radius 1 is 1.10 bits per heavy atom. The molecule has 0 bridgehead atoms. The molecule has 5 heteroatoms. The summed E-state index contributed by atoms with van der Waals surface area (Å²) >= 11 is 0. The third-order valence-corrected chi connectivity index (χ3v) is 6.18.